The maximum Gasteiger partial charge on any atom is 0.257 e. The summed E-state index contributed by atoms with van der Waals surface area (Å²) >= 11 is 3.47. The second-order valence-corrected chi connectivity index (χ2v) is 7.69. The Balaban J connectivity index is 1.61. The molecule has 2 heterocycles. The van der Waals surface area contributed by atoms with Gasteiger partial charge in [-0.2, -0.15) is 4.98 Å². The average Bonchev–Trinajstić information content (AvgIpc) is 3.22. The molecule has 0 aliphatic heterocycles. The van der Waals surface area contributed by atoms with Gasteiger partial charge in [-0.3, -0.25) is 0 Å². The fourth-order valence-corrected chi connectivity index (χ4v) is 3.66. The maximum absolute atomic E-state index is 5.36. The van der Waals surface area contributed by atoms with Crippen LogP contribution in [0.25, 0.3) is 11.5 Å². The Kier molecular flexibility index (Phi) is 5.65. The molecular formula is C17H20N4OS2. The van der Waals surface area contributed by atoms with Gasteiger partial charge in [0.1, 0.15) is 0 Å². The Hall–Kier alpha value is -1.70. The largest absolute Gasteiger partial charge is 0.334 e. The molecule has 2 aromatic heterocycles. The molecule has 1 aromatic carbocycles. The van der Waals surface area contributed by atoms with E-state index in [9.17, 15) is 0 Å². The van der Waals surface area contributed by atoms with Crippen LogP contribution in [0.2, 0.25) is 0 Å². The van der Waals surface area contributed by atoms with Gasteiger partial charge in [-0.25, -0.2) is 4.98 Å². The summed E-state index contributed by atoms with van der Waals surface area (Å²) in [5.74, 6) is 2.18. The molecule has 0 saturated carbocycles. The lowest BCUT2D eigenvalue weighted by atomic mass is 10.2. The number of likely N-dealkylation sites (N-methyl/N-ethyl adjacent to an activating group) is 1. The van der Waals surface area contributed by atoms with E-state index in [1.165, 1.54) is 4.90 Å². The van der Waals surface area contributed by atoms with Crippen LogP contribution in [-0.2, 0) is 12.2 Å². The summed E-state index contributed by atoms with van der Waals surface area (Å²) in [7, 11) is 1.93. The number of hydrogen-bond acceptors (Lipinski definition) is 7. The summed E-state index contributed by atoms with van der Waals surface area (Å²) in [4.78, 5) is 10.1. The Labute approximate surface area is 149 Å². The van der Waals surface area contributed by atoms with E-state index in [1.807, 2.05) is 26.1 Å². The molecule has 126 valence electrons. The number of nitrogens with one attached hydrogen (secondary N) is 1. The highest BCUT2D eigenvalue weighted by molar-refractivity contribution is 7.98. The highest BCUT2D eigenvalue weighted by atomic mass is 32.2. The number of thiazole rings is 1. The molecule has 1 unspecified atom stereocenters. The minimum absolute atomic E-state index is 0.323. The lowest BCUT2D eigenvalue weighted by Crippen LogP contribution is -2.24. The lowest BCUT2D eigenvalue weighted by Gasteiger charge is -2.04. The van der Waals surface area contributed by atoms with Gasteiger partial charge < -0.3 is 9.84 Å². The molecule has 1 N–H and O–H groups in total. The number of aromatic nitrogens is 3. The number of nitrogens with zero attached hydrogens (tertiary/aromatic N) is 3. The summed E-state index contributed by atoms with van der Waals surface area (Å²) in [6.07, 6.45) is 0.751. The summed E-state index contributed by atoms with van der Waals surface area (Å²) in [6, 6.07) is 8.53. The van der Waals surface area contributed by atoms with E-state index >= 15 is 0 Å². The van der Waals surface area contributed by atoms with Crippen LogP contribution in [0.3, 0.4) is 0 Å². The highest BCUT2D eigenvalue weighted by Crippen LogP contribution is 2.26. The van der Waals surface area contributed by atoms with Crippen LogP contribution in [0, 0.1) is 6.92 Å². The maximum atomic E-state index is 5.36. The lowest BCUT2D eigenvalue weighted by molar-refractivity contribution is 0.418. The van der Waals surface area contributed by atoms with E-state index in [2.05, 4.69) is 44.9 Å². The van der Waals surface area contributed by atoms with Crippen LogP contribution in [0.15, 0.2) is 39.1 Å². The first-order chi connectivity index (χ1) is 11.6. The van der Waals surface area contributed by atoms with Gasteiger partial charge in [0.2, 0.25) is 0 Å². The highest BCUT2D eigenvalue weighted by Gasteiger charge is 2.11. The van der Waals surface area contributed by atoms with Crippen molar-refractivity contribution in [3.63, 3.8) is 0 Å². The first-order valence-corrected chi connectivity index (χ1v) is 9.64. The Morgan fingerprint density at radius 2 is 2.04 bits per heavy atom. The van der Waals surface area contributed by atoms with E-state index in [0.29, 0.717) is 11.9 Å². The van der Waals surface area contributed by atoms with E-state index in [-0.39, 0.29) is 0 Å². The zero-order valence-electron chi connectivity index (χ0n) is 13.9. The molecule has 0 saturated heterocycles. The van der Waals surface area contributed by atoms with Gasteiger partial charge in [0.05, 0.1) is 10.7 Å². The van der Waals surface area contributed by atoms with Crippen LogP contribution in [0.1, 0.15) is 23.4 Å². The third-order valence-electron chi connectivity index (χ3n) is 3.60. The van der Waals surface area contributed by atoms with Crippen molar-refractivity contribution >= 4 is 23.1 Å². The first kappa shape index (κ1) is 17.1. The van der Waals surface area contributed by atoms with Crippen LogP contribution < -0.4 is 5.32 Å². The molecule has 5 nitrogen and oxygen atoms in total. The minimum Gasteiger partial charge on any atom is -0.334 e. The zero-order chi connectivity index (χ0) is 16.9. The first-order valence-electron chi connectivity index (χ1n) is 7.78. The average molecular weight is 361 g/mol. The van der Waals surface area contributed by atoms with Gasteiger partial charge in [0.25, 0.3) is 5.89 Å². The standard InChI is InChI=1S/C17H20N4OS2/c1-11(18-3)8-16-20-17(22-21-16)13-4-6-15(7-5-13)24-10-14-9-23-12(2)19-14/h4-7,9,11,18H,8,10H2,1-3H3. The van der Waals surface area contributed by atoms with E-state index in [4.69, 9.17) is 4.52 Å². The summed E-state index contributed by atoms with van der Waals surface area (Å²) in [6.45, 7) is 4.12. The molecule has 0 bridgehead atoms. The molecule has 0 aliphatic carbocycles. The Morgan fingerprint density at radius 3 is 2.71 bits per heavy atom. The SMILES string of the molecule is CNC(C)Cc1noc(-c2ccc(SCc3csc(C)n3)cc2)n1. The van der Waals surface area contributed by atoms with Crippen molar-refractivity contribution in [2.45, 2.75) is 37.0 Å². The van der Waals surface area contributed by atoms with Crippen molar-refractivity contribution in [3.8, 4) is 11.5 Å². The van der Waals surface area contributed by atoms with Crippen molar-refractivity contribution in [2.24, 2.45) is 0 Å². The van der Waals surface area contributed by atoms with Crippen molar-refractivity contribution in [3.05, 3.63) is 46.2 Å². The van der Waals surface area contributed by atoms with Crippen LogP contribution in [0.4, 0.5) is 0 Å². The summed E-state index contributed by atoms with van der Waals surface area (Å²) in [5, 5.41) is 10.4. The number of thioether (sulfide) groups is 1. The fraction of sp³-hybridized carbons (Fsp3) is 0.353. The second-order valence-electron chi connectivity index (χ2n) is 5.58. The smallest absolute Gasteiger partial charge is 0.257 e. The normalized spacial score (nSPS) is 12.5. The third kappa shape index (κ3) is 4.43. The number of rotatable bonds is 7. The van der Waals surface area contributed by atoms with Gasteiger partial charge >= 0.3 is 0 Å². The van der Waals surface area contributed by atoms with Crippen molar-refractivity contribution in [1.29, 1.82) is 0 Å². The molecule has 0 amide bonds. The summed E-state index contributed by atoms with van der Waals surface area (Å²) in [5.41, 5.74) is 2.08. The second kappa shape index (κ2) is 7.92. The van der Waals surface area contributed by atoms with Crippen LogP contribution >= 0.6 is 23.1 Å². The van der Waals surface area contributed by atoms with E-state index in [0.717, 1.165) is 34.3 Å². The molecule has 3 rings (SSSR count). The van der Waals surface area contributed by atoms with Gasteiger partial charge in [-0.1, -0.05) is 5.16 Å². The van der Waals surface area contributed by atoms with Gasteiger partial charge in [0.15, 0.2) is 5.82 Å². The topological polar surface area (TPSA) is 63.8 Å². The Morgan fingerprint density at radius 1 is 1.25 bits per heavy atom. The predicted molar refractivity (Wildman–Crippen MR) is 98.4 cm³/mol. The quantitative estimate of drug-likeness (QED) is 0.644. The molecule has 0 spiro atoms. The molecular weight excluding hydrogens is 340 g/mol. The van der Waals surface area contributed by atoms with Gasteiger partial charge in [-0.15, -0.1) is 23.1 Å². The predicted octanol–water partition coefficient (Wildman–Crippen LogP) is 3.94. The fourth-order valence-electron chi connectivity index (χ4n) is 2.16. The van der Waals surface area contributed by atoms with Crippen LogP contribution in [-0.4, -0.2) is 28.2 Å². The molecule has 3 aromatic rings. The molecule has 7 heteroatoms. The Bertz CT molecular complexity index is 782. The monoisotopic (exact) mass is 360 g/mol. The molecule has 0 fully saturated rings. The van der Waals surface area contributed by atoms with Gasteiger partial charge in [0, 0.05) is 34.1 Å². The number of aryl methyl sites for hydroxylation is 1. The third-order valence-corrected chi connectivity index (χ3v) is 5.47. The molecule has 0 aliphatic rings. The van der Waals surface area contributed by atoms with E-state index < -0.39 is 0 Å². The van der Waals surface area contributed by atoms with Crippen molar-refractivity contribution < 1.29 is 4.52 Å². The van der Waals surface area contributed by atoms with Gasteiger partial charge in [-0.05, 0) is 45.2 Å². The van der Waals surface area contributed by atoms with Crippen molar-refractivity contribution in [1.82, 2.24) is 20.4 Å². The van der Waals surface area contributed by atoms with Crippen LogP contribution in [0.5, 0.6) is 0 Å². The number of hydrogen-bond donors (Lipinski definition) is 1. The van der Waals surface area contributed by atoms with Crippen molar-refractivity contribution in [2.75, 3.05) is 7.05 Å². The zero-order valence-corrected chi connectivity index (χ0v) is 15.6. The summed E-state index contributed by atoms with van der Waals surface area (Å²) < 4.78 is 5.36. The molecule has 1 atom stereocenters. The molecule has 24 heavy (non-hydrogen) atoms. The molecule has 0 radical (unpaired) electrons. The number of benzene rings is 1. The minimum atomic E-state index is 0.323. The van der Waals surface area contributed by atoms with E-state index in [1.54, 1.807) is 23.1 Å².